The van der Waals surface area contributed by atoms with Gasteiger partial charge in [-0.25, -0.2) is 5.90 Å². The molecule has 0 atom stereocenters. The van der Waals surface area contributed by atoms with E-state index in [4.69, 9.17) is 5.90 Å². The summed E-state index contributed by atoms with van der Waals surface area (Å²) in [6, 6.07) is 4.92. The summed E-state index contributed by atoms with van der Waals surface area (Å²) in [5.41, 5.74) is 0.453. The first-order chi connectivity index (χ1) is 7.40. The van der Waals surface area contributed by atoms with Crippen LogP contribution in [0.2, 0.25) is 0 Å². The van der Waals surface area contributed by atoms with E-state index in [-0.39, 0.29) is 17.7 Å². The van der Waals surface area contributed by atoms with Gasteiger partial charge in [-0.3, -0.25) is 10.1 Å². The predicted octanol–water partition coefficient (Wildman–Crippen LogP) is 2.53. The molecule has 0 bridgehead atoms. The number of nitro benzene ring substituents is 1. The van der Waals surface area contributed by atoms with Gasteiger partial charge in [0.15, 0.2) is 0 Å². The number of benzene rings is 1. The van der Waals surface area contributed by atoms with Crippen molar-refractivity contribution in [2.45, 2.75) is 19.3 Å². The standard InChI is InChI=1S/C10H13BrN2O3/c1-10(2,6-16-12)7-4-3-5-8(9(7)11)13(14)15/h3-5H,6,12H2,1-2H3. The van der Waals surface area contributed by atoms with Crippen molar-refractivity contribution >= 4 is 21.6 Å². The minimum Gasteiger partial charge on any atom is -0.304 e. The number of nitrogens with zero attached hydrogens (tertiary/aromatic N) is 1. The number of halogens is 1. The summed E-state index contributed by atoms with van der Waals surface area (Å²) in [4.78, 5) is 15.0. The van der Waals surface area contributed by atoms with E-state index in [2.05, 4.69) is 20.8 Å². The van der Waals surface area contributed by atoms with Gasteiger partial charge in [0.1, 0.15) is 0 Å². The van der Waals surface area contributed by atoms with Crippen molar-refractivity contribution < 1.29 is 9.76 Å². The maximum Gasteiger partial charge on any atom is 0.283 e. The van der Waals surface area contributed by atoms with Crippen LogP contribution < -0.4 is 5.90 Å². The third-order valence-corrected chi connectivity index (χ3v) is 3.18. The van der Waals surface area contributed by atoms with E-state index in [1.807, 2.05) is 19.9 Å². The van der Waals surface area contributed by atoms with Gasteiger partial charge in [-0.15, -0.1) is 0 Å². The molecule has 2 N–H and O–H groups in total. The van der Waals surface area contributed by atoms with Crippen LogP contribution in [0.25, 0.3) is 0 Å². The molecule has 1 aromatic rings. The number of hydrogen-bond donors (Lipinski definition) is 1. The number of hydrogen-bond acceptors (Lipinski definition) is 4. The van der Waals surface area contributed by atoms with Gasteiger partial charge in [-0.1, -0.05) is 26.0 Å². The second-order valence-corrected chi connectivity index (χ2v) is 4.88. The molecule has 0 aliphatic rings. The lowest BCUT2D eigenvalue weighted by Crippen LogP contribution is -2.26. The van der Waals surface area contributed by atoms with Crippen LogP contribution >= 0.6 is 15.9 Å². The van der Waals surface area contributed by atoms with Gasteiger partial charge in [0.2, 0.25) is 0 Å². The fourth-order valence-electron chi connectivity index (χ4n) is 1.47. The molecule has 6 heteroatoms. The highest BCUT2D eigenvalue weighted by molar-refractivity contribution is 9.10. The highest BCUT2D eigenvalue weighted by Crippen LogP contribution is 2.35. The molecule has 88 valence electrons. The molecule has 0 aliphatic carbocycles. The van der Waals surface area contributed by atoms with Gasteiger partial charge in [-0.2, -0.15) is 0 Å². The Morgan fingerprint density at radius 2 is 2.19 bits per heavy atom. The fourth-order valence-corrected chi connectivity index (χ4v) is 2.42. The highest BCUT2D eigenvalue weighted by Gasteiger charge is 2.27. The molecular formula is C10H13BrN2O3. The van der Waals surface area contributed by atoms with Crippen LogP contribution in [0.3, 0.4) is 0 Å². The van der Waals surface area contributed by atoms with Crippen molar-refractivity contribution in [1.82, 2.24) is 0 Å². The van der Waals surface area contributed by atoms with Gasteiger partial charge in [-0.05, 0) is 21.5 Å². The van der Waals surface area contributed by atoms with Crippen LogP contribution in [0, 0.1) is 10.1 Å². The van der Waals surface area contributed by atoms with Gasteiger partial charge in [0.05, 0.1) is 16.0 Å². The Morgan fingerprint density at radius 1 is 1.56 bits per heavy atom. The van der Waals surface area contributed by atoms with E-state index in [0.717, 1.165) is 5.56 Å². The summed E-state index contributed by atoms with van der Waals surface area (Å²) in [6.07, 6.45) is 0. The summed E-state index contributed by atoms with van der Waals surface area (Å²) in [7, 11) is 0. The summed E-state index contributed by atoms with van der Waals surface area (Å²) < 4.78 is 0.474. The van der Waals surface area contributed by atoms with Crippen LogP contribution in [0.5, 0.6) is 0 Å². The minimum absolute atomic E-state index is 0.0441. The van der Waals surface area contributed by atoms with Gasteiger partial charge < -0.3 is 4.84 Å². The highest BCUT2D eigenvalue weighted by atomic mass is 79.9. The molecule has 1 rings (SSSR count). The zero-order valence-corrected chi connectivity index (χ0v) is 10.7. The molecule has 0 spiro atoms. The molecule has 0 unspecified atom stereocenters. The third kappa shape index (κ3) is 2.58. The van der Waals surface area contributed by atoms with Gasteiger partial charge >= 0.3 is 0 Å². The van der Waals surface area contributed by atoms with E-state index in [1.165, 1.54) is 6.07 Å². The van der Waals surface area contributed by atoms with E-state index < -0.39 is 4.92 Å². The number of nitro groups is 1. The maximum atomic E-state index is 10.8. The Balaban J connectivity index is 3.25. The monoisotopic (exact) mass is 288 g/mol. The Labute approximate surface area is 102 Å². The molecule has 0 saturated heterocycles. The molecule has 0 radical (unpaired) electrons. The maximum absolute atomic E-state index is 10.8. The average molecular weight is 289 g/mol. The van der Waals surface area contributed by atoms with Gasteiger partial charge in [0, 0.05) is 11.5 Å². The normalized spacial score (nSPS) is 11.5. The van der Waals surface area contributed by atoms with Crippen LogP contribution in [0.15, 0.2) is 22.7 Å². The minimum atomic E-state index is -0.424. The molecule has 0 fully saturated rings. The topological polar surface area (TPSA) is 78.4 Å². The lowest BCUT2D eigenvalue weighted by molar-refractivity contribution is -0.385. The van der Waals surface area contributed by atoms with Crippen LogP contribution in [-0.4, -0.2) is 11.5 Å². The zero-order chi connectivity index (χ0) is 12.3. The molecule has 0 saturated carbocycles. The van der Waals surface area contributed by atoms with Crippen molar-refractivity contribution in [3.05, 3.63) is 38.3 Å². The SMILES string of the molecule is CC(C)(CON)c1cccc([N+](=O)[O-])c1Br. The molecule has 0 amide bonds. The van der Waals surface area contributed by atoms with Crippen molar-refractivity contribution in [2.75, 3.05) is 6.61 Å². The second-order valence-electron chi connectivity index (χ2n) is 4.09. The van der Waals surface area contributed by atoms with Crippen molar-refractivity contribution in [3.8, 4) is 0 Å². The predicted molar refractivity (Wildman–Crippen MR) is 64.0 cm³/mol. The molecule has 16 heavy (non-hydrogen) atoms. The van der Waals surface area contributed by atoms with Crippen molar-refractivity contribution in [3.63, 3.8) is 0 Å². The molecule has 0 heterocycles. The summed E-state index contributed by atoms with van der Waals surface area (Å²) in [5, 5.41) is 10.8. The van der Waals surface area contributed by atoms with Crippen molar-refractivity contribution in [1.29, 1.82) is 0 Å². The smallest absolute Gasteiger partial charge is 0.283 e. The second kappa shape index (κ2) is 4.90. The Kier molecular flexibility index (Phi) is 4.01. The van der Waals surface area contributed by atoms with Crippen LogP contribution in [-0.2, 0) is 10.3 Å². The molecular weight excluding hydrogens is 276 g/mol. The summed E-state index contributed by atoms with van der Waals surface area (Å²) >= 11 is 3.25. The van der Waals surface area contributed by atoms with E-state index in [9.17, 15) is 10.1 Å². The fraction of sp³-hybridized carbons (Fsp3) is 0.400. The quantitative estimate of drug-likeness (QED) is 0.682. The molecule has 5 nitrogen and oxygen atoms in total. The first kappa shape index (κ1) is 13.1. The van der Waals surface area contributed by atoms with Crippen molar-refractivity contribution in [2.24, 2.45) is 5.90 Å². The number of rotatable bonds is 4. The van der Waals surface area contributed by atoms with Crippen LogP contribution in [0.1, 0.15) is 19.4 Å². The van der Waals surface area contributed by atoms with Crippen LogP contribution in [0.4, 0.5) is 5.69 Å². The molecule has 1 aromatic carbocycles. The zero-order valence-electron chi connectivity index (χ0n) is 9.07. The average Bonchev–Trinajstić information content (AvgIpc) is 2.17. The first-order valence-corrected chi connectivity index (χ1v) is 5.44. The Hall–Kier alpha value is -0.980. The first-order valence-electron chi connectivity index (χ1n) is 4.65. The Bertz CT molecular complexity index is 407. The van der Waals surface area contributed by atoms with E-state index in [0.29, 0.717) is 4.47 Å². The largest absolute Gasteiger partial charge is 0.304 e. The molecule has 0 aliphatic heterocycles. The third-order valence-electron chi connectivity index (χ3n) is 2.35. The lowest BCUT2D eigenvalue weighted by atomic mass is 9.85. The Morgan fingerprint density at radius 3 is 2.69 bits per heavy atom. The van der Waals surface area contributed by atoms with E-state index in [1.54, 1.807) is 6.07 Å². The van der Waals surface area contributed by atoms with Gasteiger partial charge in [0.25, 0.3) is 5.69 Å². The summed E-state index contributed by atoms with van der Waals surface area (Å²) in [5.74, 6) is 5.05. The number of nitrogens with two attached hydrogens (primary N) is 1. The molecule has 0 aromatic heterocycles. The van der Waals surface area contributed by atoms with E-state index >= 15 is 0 Å². The lowest BCUT2D eigenvalue weighted by Gasteiger charge is -2.24. The summed E-state index contributed by atoms with van der Waals surface area (Å²) in [6.45, 7) is 4.10.